The normalized spacial score (nSPS) is 10.3. The fourth-order valence-corrected chi connectivity index (χ4v) is 2.36. The summed E-state index contributed by atoms with van der Waals surface area (Å²) in [5.74, 6) is 1.23. The summed E-state index contributed by atoms with van der Waals surface area (Å²) in [6.07, 6.45) is 3.56. The molecule has 0 aliphatic carbocycles. The highest BCUT2D eigenvalue weighted by Gasteiger charge is 2.05. The Kier molecular flexibility index (Phi) is 4.99. The number of ketones is 1. The van der Waals surface area contributed by atoms with Gasteiger partial charge in [-0.3, -0.25) is 9.78 Å². The van der Waals surface area contributed by atoms with Crippen LogP contribution in [0.2, 0.25) is 0 Å². The lowest BCUT2D eigenvalue weighted by Gasteiger charge is -2.10. The van der Waals surface area contributed by atoms with Crippen LogP contribution in [0.25, 0.3) is 0 Å². The highest BCUT2D eigenvalue weighted by atomic mass is 16.1. The van der Waals surface area contributed by atoms with Gasteiger partial charge >= 0.3 is 0 Å². The molecule has 2 heterocycles. The fourth-order valence-electron chi connectivity index (χ4n) is 2.36. The van der Waals surface area contributed by atoms with Crippen LogP contribution in [0.4, 0.5) is 17.5 Å². The highest BCUT2D eigenvalue weighted by Crippen LogP contribution is 2.18. The molecule has 1 aromatic carbocycles. The SMILES string of the molecule is CC(=O)c1cccc(Nc2nc(C)cc(NCc3cccnc3)n2)c1. The minimum atomic E-state index is 0.0210. The highest BCUT2D eigenvalue weighted by molar-refractivity contribution is 5.95. The Hall–Kier alpha value is -3.28. The summed E-state index contributed by atoms with van der Waals surface area (Å²) < 4.78 is 0. The monoisotopic (exact) mass is 333 g/mol. The molecule has 3 aromatic rings. The molecule has 2 N–H and O–H groups in total. The number of nitrogens with zero attached hydrogens (tertiary/aromatic N) is 3. The second kappa shape index (κ2) is 7.53. The number of nitrogens with one attached hydrogen (secondary N) is 2. The Labute approximate surface area is 146 Å². The third-order valence-corrected chi connectivity index (χ3v) is 3.58. The molecule has 0 unspecified atom stereocenters. The van der Waals surface area contributed by atoms with Gasteiger partial charge in [0.1, 0.15) is 5.82 Å². The predicted molar refractivity (Wildman–Crippen MR) is 98.1 cm³/mol. The van der Waals surface area contributed by atoms with Gasteiger partial charge < -0.3 is 10.6 Å². The summed E-state index contributed by atoms with van der Waals surface area (Å²) in [7, 11) is 0. The zero-order chi connectivity index (χ0) is 17.6. The number of carbonyl (C=O) groups excluding carboxylic acids is 1. The maximum absolute atomic E-state index is 11.5. The Morgan fingerprint density at radius 2 is 2.00 bits per heavy atom. The van der Waals surface area contributed by atoms with Crippen LogP contribution < -0.4 is 10.6 Å². The number of carbonyl (C=O) groups is 1. The molecule has 0 spiro atoms. The van der Waals surface area contributed by atoms with E-state index in [1.807, 2.05) is 43.5 Å². The Balaban J connectivity index is 1.75. The Bertz CT molecular complexity index is 880. The van der Waals surface area contributed by atoms with Gasteiger partial charge in [0.2, 0.25) is 5.95 Å². The van der Waals surface area contributed by atoms with Crippen molar-refractivity contribution >= 4 is 23.2 Å². The van der Waals surface area contributed by atoms with E-state index in [1.54, 1.807) is 25.3 Å². The first-order valence-electron chi connectivity index (χ1n) is 7.96. The number of aryl methyl sites for hydroxylation is 1. The number of hydrogen-bond donors (Lipinski definition) is 2. The van der Waals surface area contributed by atoms with Crippen LogP contribution in [-0.4, -0.2) is 20.7 Å². The second-order valence-corrected chi connectivity index (χ2v) is 5.69. The van der Waals surface area contributed by atoms with Gasteiger partial charge in [-0.15, -0.1) is 0 Å². The topological polar surface area (TPSA) is 79.8 Å². The van der Waals surface area contributed by atoms with Crippen LogP contribution in [0.1, 0.15) is 28.5 Å². The number of hydrogen-bond acceptors (Lipinski definition) is 6. The molecule has 6 heteroatoms. The standard InChI is InChI=1S/C19H19N5O/c1-13-9-18(21-12-15-5-4-8-20-11-15)24-19(22-13)23-17-7-3-6-16(10-17)14(2)25/h3-11H,12H2,1-2H3,(H2,21,22,23,24). The van der Waals surface area contributed by atoms with E-state index in [-0.39, 0.29) is 5.78 Å². The van der Waals surface area contributed by atoms with Crippen molar-refractivity contribution in [2.45, 2.75) is 20.4 Å². The van der Waals surface area contributed by atoms with Crippen molar-refractivity contribution in [1.82, 2.24) is 15.0 Å². The van der Waals surface area contributed by atoms with Gasteiger partial charge in [0.25, 0.3) is 0 Å². The number of Topliss-reactive ketones (excluding diaryl/α,β-unsaturated/α-hetero) is 1. The summed E-state index contributed by atoms with van der Waals surface area (Å²) in [6.45, 7) is 4.08. The average molecular weight is 333 g/mol. The lowest BCUT2D eigenvalue weighted by molar-refractivity contribution is 0.101. The quantitative estimate of drug-likeness (QED) is 0.669. The van der Waals surface area contributed by atoms with E-state index in [9.17, 15) is 4.79 Å². The number of anilines is 3. The van der Waals surface area contributed by atoms with Crippen molar-refractivity contribution in [3.63, 3.8) is 0 Å². The van der Waals surface area contributed by atoms with Gasteiger partial charge in [-0.05, 0) is 37.6 Å². The summed E-state index contributed by atoms with van der Waals surface area (Å²) in [6, 6.07) is 13.1. The van der Waals surface area contributed by atoms with Crippen LogP contribution in [0, 0.1) is 6.92 Å². The molecule has 0 saturated heterocycles. The molecular weight excluding hydrogens is 314 g/mol. The first kappa shape index (κ1) is 16.6. The van der Waals surface area contributed by atoms with Gasteiger partial charge in [0.15, 0.2) is 5.78 Å². The first-order chi connectivity index (χ1) is 12.1. The van der Waals surface area contributed by atoms with Crippen molar-refractivity contribution in [1.29, 1.82) is 0 Å². The summed E-state index contributed by atoms with van der Waals surface area (Å²) in [5.41, 5.74) is 3.33. The lowest BCUT2D eigenvalue weighted by atomic mass is 10.1. The lowest BCUT2D eigenvalue weighted by Crippen LogP contribution is -2.06. The molecule has 126 valence electrons. The number of rotatable bonds is 6. The first-order valence-corrected chi connectivity index (χ1v) is 7.96. The van der Waals surface area contributed by atoms with E-state index < -0.39 is 0 Å². The molecule has 0 atom stereocenters. The van der Waals surface area contributed by atoms with Gasteiger partial charge in [0, 0.05) is 41.9 Å². The van der Waals surface area contributed by atoms with E-state index in [1.165, 1.54) is 0 Å². The minimum absolute atomic E-state index is 0.0210. The zero-order valence-electron chi connectivity index (χ0n) is 14.2. The minimum Gasteiger partial charge on any atom is -0.366 e. The van der Waals surface area contributed by atoms with Gasteiger partial charge in [-0.25, -0.2) is 4.98 Å². The largest absolute Gasteiger partial charge is 0.366 e. The van der Waals surface area contributed by atoms with Crippen LogP contribution in [0.3, 0.4) is 0 Å². The second-order valence-electron chi connectivity index (χ2n) is 5.69. The van der Waals surface area contributed by atoms with E-state index in [4.69, 9.17) is 0 Å². The van der Waals surface area contributed by atoms with Crippen LogP contribution in [0.5, 0.6) is 0 Å². The molecule has 3 rings (SSSR count). The molecule has 0 aliphatic rings. The Morgan fingerprint density at radius 1 is 1.12 bits per heavy atom. The summed E-state index contributed by atoms with van der Waals surface area (Å²) >= 11 is 0. The molecule has 0 fully saturated rings. The maximum Gasteiger partial charge on any atom is 0.229 e. The molecule has 0 amide bonds. The fraction of sp³-hybridized carbons (Fsp3) is 0.158. The third kappa shape index (κ3) is 4.60. The van der Waals surface area contributed by atoms with Crippen LogP contribution in [-0.2, 0) is 6.54 Å². The summed E-state index contributed by atoms with van der Waals surface area (Å²) in [4.78, 5) is 24.5. The Morgan fingerprint density at radius 3 is 2.76 bits per heavy atom. The predicted octanol–water partition coefficient (Wildman–Crippen LogP) is 3.74. The van der Waals surface area contributed by atoms with Crippen molar-refractivity contribution in [2.24, 2.45) is 0 Å². The molecule has 6 nitrogen and oxygen atoms in total. The van der Waals surface area contributed by atoms with Crippen molar-refractivity contribution < 1.29 is 4.79 Å². The molecule has 0 bridgehead atoms. The smallest absolute Gasteiger partial charge is 0.229 e. The van der Waals surface area contributed by atoms with E-state index >= 15 is 0 Å². The van der Waals surface area contributed by atoms with Gasteiger partial charge in [-0.1, -0.05) is 18.2 Å². The summed E-state index contributed by atoms with van der Waals surface area (Å²) in [5, 5.41) is 6.42. The molecule has 0 aliphatic heterocycles. The van der Waals surface area contributed by atoms with Gasteiger partial charge in [0.05, 0.1) is 0 Å². The zero-order valence-corrected chi connectivity index (χ0v) is 14.2. The van der Waals surface area contributed by atoms with Crippen LogP contribution >= 0.6 is 0 Å². The van der Waals surface area contributed by atoms with Gasteiger partial charge in [-0.2, -0.15) is 4.98 Å². The van der Waals surface area contributed by atoms with E-state index in [0.717, 1.165) is 22.8 Å². The molecule has 0 saturated carbocycles. The molecule has 2 aromatic heterocycles. The number of pyridine rings is 1. The maximum atomic E-state index is 11.5. The van der Waals surface area contributed by atoms with Crippen LogP contribution in [0.15, 0.2) is 54.9 Å². The van der Waals surface area contributed by atoms with Crippen molar-refractivity contribution in [2.75, 3.05) is 10.6 Å². The van der Waals surface area contributed by atoms with E-state index in [0.29, 0.717) is 18.1 Å². The van der Waals surface area contributed by atoms with E-state index in [2.05, 4.69) is 25.6 Å². The average Bonchev–Trinajstić information content (AvgIpc) is 2.60. The van der Waals surface area contributed by atoms with Crippen molar-refractivity contribution in [3.05, 3.63) is 71.7 Å². The molecule has 25 heavy (non-hydrogen) atoms. The number of aromatic nitrogens is 3. The molecule has 0 radical (unpaired) electrons. The third-order valence-electron chi connectivity index (χ3n) is 3.58. The number of benzene rings is 1. The van der Waals surface area contributed by atoms with Crippen molar-refractivity contribution in [3.8, 4) is 0 Å². The molecular formula is C19H19N5O.